The lowest BCUT2D eigenvalue weighted by Crippen LogP contribution is -2.41. The zero-order valence-corrected chi connectivity index (χ0v) is 15.5. The van der Waals surface area contributed by atoms with E-state index in [0.29, 0.717) is 17.6 Å². The monoisotopic (exact) mass is 399 g/mol. The molecule has 3 rings (SSSR count). The van der Waals surface area contributed by atoms with Gasteiger partial charge in [0.05, 0.1) is 11.8 Å². The van der Waals surface area contributed by atoms with Gasteiger partial charge >= 0.3 is 0 Å². The van der Waals surface area contributed by atoms with Crippen molar-refractivity contribution in [3.63, 3.8) is 0 Å². The highest BCUT2D eigenvalue weighted by Gasteiger charge is 2.44. The van der Waals surface area contributed by atoms with Crippen molar-refractivity contribution >= 4 is 26.0 Å². The Morgan fingerprint density at radius 3 is 2.52 bits per heavy atom. The summed E-state index contributed by atoms with van der Waals surface area (Å²) in [6.07, 6.45) is 2.07. The molecular weight excluding hydrogens is 382 g/mol. The van der Waals surface area contributed by atoms with Crippen molar-refractivity contribution in [1.82, 2.24) is 14.9 Å². The van der Waals surface area contributed by atoms with Gasteiger partial charge in [0.1, 0.15) is 0 Å². The molecule has 0 bridgehead atoms. The molecule has 0 spiro atoms. The molecule has 1 saturated carbocycles. The average molecular weight is 400 g/mol. The molecule has 0 amide bonds. The predicted molar refractivity (Wildman–Crippen MR) is 89.5 cm³/mol. The first-order valence-corrected chi connectivity index (χ1v) is 9.93. The minimum atomic E-state index is -3.36. The van der Waals surface area contributed by atoms with Crippen LogP contribution >= 0.6 is 15.9 Å². The van der Waals surface area contributed by atoms with Crippen LogP contribution in [-0.2, 0) is 15.6 Å². The average Bonchev–Trinajstić information content (AvgIpc) is 3.05. The van der Waals surface area contributed by atoms with E-state index in [9.17, 15) is 8.42 Å². The summed E-state index contributed by atoms with van der Waals surface area (Å²) in [4.78, 5) is 4.41. The van der Waals surface area contributed by atoms with Gasteiger partial charge in [0.2, 0.25) is 15.9 Å². The minimum Gasteiger partial charge on any atom is -0.339 e. The van der Waals surface area contributed by atoms with Crippen LogP contribution in [0.5, 0.6) is 0 Å². The fraction of sp³-hybridized carbons (Fsp3) is 0.467. The molecule has 1 aromatic heterocycles. The third-order valence-corrected chi connectivity index (χ3v) is 5.26. The molecule has 0 unspecified atom stereocenters. The van der Waals surface area contributed by atoms with Crippen LogP contribution in [0.25, 0.3) is 0 Å². The SMILES string of the molecule is CC(C)(NS(C)(=O)=O)c1noc([C@@H]2C[C@H]2c2ccc(Br)cc2)n1. The number of sulfonamides is 1. The first-order valence-electron chi connectivity index (χ1n) is 7.24. The Balaban J connectivity index is 1.75. The standard InChI is InChI=1S/C15H18BrN3O3S/c1-15(2,19-23(3,20)21)14-17-13(22-18-14)12-8-11(12)9-4-6-10(16)7-5-9/h4-7,11-12,19H,8H2,1-3H3/t11-,12+/m0/s1. The maximum absolute atomic E-state index is 11.4. The van der Waals surface area contributed by atoms with Crippen LogP contribution in [0.3, 0.4) is 0 Å². The van der Waals surface area contributed by atoms with Crippen molar-refractivity contribution in [2.75, 3.05) is 6.26 Å². The zero-order chi connectivity index (χ0) is 16.8. The largest absolute Gasteiger partial charge is 0.339 e. The first-order chi connectivity index (χ1) is 10.7. The van der Waals surface area contributed by atoms with Crippen molar-refractivity contribution in [3.8, 4) is 0 Å². The van der Waals surface area contributed by atoms with Gasteiger partial charge in [0.15, 0.2) is 5.82 Å². The third kappa shape index (κ3) is 3.81. The lowest BCUT2D eigenvalue weighted by Gasteiger charge is -2.20. The van der Waals surface area contributed by atoms with E-state index in [4.69, 9.17) is 4.52 Å². The highest BCUT2D eigenvalue weighted by Crippen LogP contribution is 2.54. The van der Waals surface area contributed by atoms with Crippen LogP contribution in [0, 0.1) is 0 Å². The van der Waals surface area contributed by atoms with Crippen LogP contribution in [0.2, 0.25) is 0 Å². The lowest BCUT2D eigenvalue weighted by molar-refractivity contribution is 0.353. The Labute approximate surface area is 143 Å². The first kappa shape index (κ1) is 16.6. The molecule has 8 heteroatoms. The van der Waals surface area contributed by atoms with Crippen LogP contribution in [0.1, 0.15) is 49.4 Å². The molecule has 1 aliphatic rings. The Bertz CT molecular complexity index is 815. The van der Waals surface area contributed by atoms with Crippen LogP contribution in [-0.4, -0.2) is 24.8 Å². The van der Waals surface area contributed by atoms with Gasteiger partial charge in [-0.2, -0.15) is 4.98 Å². The molecule has 2 atom stereocenters. The molecule has 0 saturated heterocycles. The normalized spacial score (nSPS) is 21.4. The van der Waals surface area contributed by atoms with Crippen molar-refractivity contribution in [2.24, 2.45) is 0 Å². The smallest absolute Gasteiger partial charge is 0.230 e. The Hall–Kier alpha value is -1.25. The topological polar surface area (TPSA) is 85.1 Å². The summed E-state index contributed by atoms with van der Waals surface area (Å²) in [5.41, 5.74) is 0.337. The van der Waals surface area contributed by atoms with Crippen molar-refractivity contribution in [2.45, 2.75) is 37.6 Å². The molecule has 1 fully saturated rings. The Morgan fingerprint density at radius 1 is 1.26 bits per heavy atom. The van der Waals surface area contributed by atoms with E-state index < -0.39 is 15.6 Å². The van der Waals surface area contributed by atoms with Gasteiger partial charge in [-0.05, 0) is 43.9 Å². The van der Waals surface area contributed by atoms with Gasteiger partial charge in [-0.25, -0.2) is 13.1 Å². The van der Waals surface area contributed by atoms with Crippen LogP contribution in [0.15, 0.2) is 33.3 Å². The predicted octanol–water partition coefficient (Wildman–Crippen LogP) is 2.89. The van der Waals surface area contributed by atoms with Gasteiger partial charge < -0.3 is 4.52 Å². The highest BCUT2D eigenvalue weighted by molar-refractivity contribution is 9.10. The molecular formula is C15H18BrN3O3S. The molecule has 2 aromatic rings. The van der Waals surface area contributed by atoms with E-state index in [0.717, 1.165) is 17.1 Å². The fourth-order valence-electron chi connectivity index (χ4n) is 2.70. The van der Waals surface area contributed by atoms with Gasteiger partial charge in [-0.15, -0.1) is 0 Å². The van der Waals surface area contributed by atoms with Crippen molar-refractivity contribution < 1.29 is 12.9 Å². The Kier molecular flexibility index (Phi) is 4.10. The summed E-state index contributed by atoms with van der Waals surface area (Å²) in [5.74, 6) is 1.49. The summed E-state index contributed by atoms with van der Waals surface area (Å²) in [5, 5.41) is 3.95. The number of halogens is 1. The third-order valence-electron chi connectivity index (χ3n) is 3.85. The number of nitrogens with one attached hydrogen (secondary N) is 1. The molecule has 1 aromatic carbocycles. The quantitative estimate of drug-likeness (QED) is 0.834. The minimum absolute atomic E-state index is 0.200. The van der Waals surface area contributed by atoms with Crippen molar-refractivity contribution in [1.29, 1.82) is 0 Å². The van der Waals surface area contributed by atoms with Gasteiger partial charge in [-0.1, -0.05) is 33.2 Å². The van der Waals surface area contributed by atoms with Gasteiger partial charge in [0, 0.05) is 10.4 Å². The summed E-state index contributed by atoms with van der Waals surface area (Å²) in [6.45, 7) is 3.42. The zero-order valence-electron chi connectivity index (χ0n) is 13.1. The maximum Gasteiger partial charge on any atom is 0.230 e. The molecule has 0 radical (unpaired) electrons. The fourth-order valence-corrected chi connectivity index (χ4v) is 3.98. The Morgan fingerprint density at radius 2 is 1.91 bits per heavy atom. The second kappa shape index (κ2) is 5.68. The maximum atomic E-state index is 11.4. The van der Waals surface area contributed by atoms with E-state index in [1.165, 1.54) is 5.56 Å². The van der Waals surface area contributed by atoms with Gasteiger partial charge in [0.25, 0.3) is 0 Å². The molecule has 23 heavy (non-hydrogen) atoms. The second-order valence-electron chi connectivity index (χ2n) is 6.46. The molecule has 1 aliphatic carbocycles. The number of rotatable bonds is 5. The molecule has 124 valence electrons. The van der Waals surface area contributed by atoms with Crippen LogP contribution in [0.4, 0.5) is 0 Å². The summed E-state index contributed by atoms with van der Waals surface area (Å²) in [6, 6.07) is 8.20. The number of nitrogens with zero attached hydrogens (tertiary/aromatic N) is 2. The number of aromatic nitrogens is 2. The highest BCUT2D eigenvalue weighted by atomic mass is 79.9. The molecule has 6 nitrogen and oxygen atoms in total. The number of hydrogen-bond acceptors (Lipinski definition) is 5. The summed E-state index contributed by atoms with van der Waals surface area (Å²) >= 11 is 3.43. The molecule has 1 N–H and O–H groups in total. The second-order valence-corrected chi connectivity index (χ2v) is 9.12. The molecule has 1 heterocycles. The number of hydrogen-bond donors (Lipinski definition) is 1. The van der Waals surface area contributed by atoms with Crippen molar-refractivity contribution in [3.05, 3.63) is 46.0 Å². The molecule has 0 aliphatic heterocycles. The van der Waals surface area contributed by atoms with Crippen LogP contribution < -0.4 is 4.72 Å². The van der Waals surface area contributed by atoms with E-state index in [-0.39, 0.29) is 5.92 Å². The summed E-state index contributed by atoms with van der Waals surface area (Å²) < 4.78 is 31.8. The van der Waals surface area contributed by atoms with Gasteiger partial charge in [-0.3, -0.25) is 0 Å². The van der Waals surface area contributed by atoms with E-state index >= 15 is 0 Å². The van der Waals surface area contributed by atoms with E-state index in [1.807, 2.05) is 12.1 Å². The number of benzene rings is 1. The summed E-state index contributed by atoms with van der Waals surface area (Å²) in [7, 11) is -3.36. The van der Waals surface area contributed by atoms with E-state index in [1.54, 1.807) is 13.8 Å². The lowest BCUT2D eigenvalue weighted by atomic mass is 10.1. The van der Waals surface area contributed by atoms with E-state index in [2.05, 4.69) is 42.9 Å².